The second kappa shape index (κ2) is 13.7. The van der Waals surface area contributed by atoms with E-state index in [2.05, 4.69) is 13.2 Å². The molecule has 39 heavy (non-hydrogen) atoms. The molecule has 3 saturated heterocycles. The molecule has 212 valence electrons. The van der Waals surface area contributed by atoms with E-state index in [0.717, 1.165) is 44.1 Å². The van der Waals surface area contributed by atoms with Crippen LogP contribution in [0.2, 0.25) is 0 Å². The highest BCUT2D eigenvalue weighted by Crippen LogP contribution is 2.66. The van der Waals surface area contributed by atoms with Crippen molar-refractivity contribution in [3.8, 4) is 0 Å². The third kappa shape index (κ3) is 6.12. The molecule has 8 heteroatoms. The maximum Gasteiger partial charge on any atom is 0.310 e. The summed E-state index contributed by atoms with van der Waals surface area (Å²) in [6.45, 7) is 9.30. The molecule has 0 aromatic heterocycles. The summed E-state index contributed by atoms with van der Waals surface area (Å²) >= 11 is 1.67. The number of hydrogen-bond donors (Lipinski definition) is 1. The molecule has 0 radical (unpaired) electrons. The van der Waals surface area contributed by atoms with Crippen LogP contribution in [0.1, 0.15) is 56.9 Å². The zero-order valence-corrected chi connectivity index (χ0v) is 23.7. The quantitative estimate of drug-likeness (QED) is 0.186. The second-order valence-corrected chi connectivity index (χ2v) is 12.4. The Balaban J connectivity index is 1.59. The van der Waals surface area contributed by atoms with Gasteiger partial charge in [-0.1, -0.05) is 42.5 Å². The molecule has 3 fully saturated rings. The molecule has 2 amide bonds. The Hall–Kier alpha value is -2.58. The van der Waals surface area contributed by atoms with Crippen molar-refractivity contribution < 1.29 is 24.2 Å². The van der Waals surface area contributed by atoms with Crippen molar-refractivity contribution in [1.82, 2.24) is 9.80 Å². The Bertz CT molecular complexity index is 1030. The summed E-state index contributed by atoms with van der Waals surface area (Å²) in [6, 6.07) is 9.21. The molecule has 3 heterocycles. The van der Waals surface area contributed by atoms with Crippen molar-refractivity contribution in [2.24, 2.45) is 11.8 Å². The SMILES string of the molecule is C=CCCCCOC(=O)[C@@H]1[C@H]2C(=O)N(CCCCCO)C(C(=O)N(CC=C)Cc3ccccc3)C23CC[C@H]1S3. The summed E-state index contributed by atoms with van der Waals surface area (Å²) < 4.78 is 5.07. The van der Waals surface area contributed by atoms with Gasteiger partial charge in [-0.15, -0.1) is 24.9 Å². The predicted molar refractivity (Wildman–Crippen MR) is 154 cm³/mol. The number of aliphatic hydroxyl groups excluding tert-OH is 1. The number of amides is 2. The largest absolute Gasteiger partial charge is 0.465 e. The van der Waals surface area contributed by atoms with Crippen molar-refractivity contribution >= 4 is 29.5 Å². The van der Waals surface area contributed by atoms with Gasteiger partial charge in [0.05, 0.1) is 23.2 Å². The van der Waals surface area contributed by atoms with Gasteiger partial charge >= 0.3 is 5.97 Å². The van der Waals surface area contributed by atoms with Gasteiger partial charge in [0.25, 0.3) is 0 Å². The smallest absolute Gasteiger partial charge is 0.310 e. The normalized spacial score (nSPS) is 26.9. The number of likely N-dealkylation sites (tertiary alicyclic amines) is 1. The molecule has 0 saturated carbocycles. The van der Waals surface area contributed by atoms with Crippen LogP contribution in [0.3, 0.4) is 0 Å². The zero-order valence-electron chi connectivity index (χ0n) is 22.8. The molecular formula is C31H42N2O5S. The minimum atomic E-state index is -0.631. The second-order valence-electron chi connectivity index (χ2n) is 10.8. The van der Waals surface area contributed by atoms with Crippen LogP contribution in [0, 0.1) is 11.8 Å². The van der Waals surface area contributed by atoms with E-state index in [1.807, 2.05) is 36.4 Å². The minimum absolute atomic E-state index is 0.00607. The van der Waals surface area contributed by atoms with E-state index >= 15 is 0 Å². The van der Waals surface area contributed by atoms with Gasteiger partial charge in [0.15, 0.2) is 0 Å². The molecule has 0 aliphatic carbocycles. The number of carbonyl (C=O) groups is 3. The molecule has 1 spiro atoms. The summed E-state index contributed by atoms with van der Waals surface area (Å²) in [5.74, 6) is -1.54. The van der Waals surface area contributed by atoms with Gasteiger partial charge in [0, 0.05) is 31.5 Å². The van der Waals surface area contributed by atoms with Crippen LogP contribution in [0.25, 0.3) is 0 Å². The monoisotopic (exact) mass is 554 g/mol. The summed E-state index contributed by atoms with van der Waals surface area (Å²) in [4.78, 5) is 45.3. The maximum atomic E-state index is 14.4. The Morgan fingerprint density at radius 3 is 2.64 bits per heavy atom. The number of benzene rings is 1. The van der Waals surface area contributed by atoms with Crippen LogP contribution in [-0.2, 0) is 25.7 Å². The van der Waals surface area contributed by atoms with Crippen molar-refractivity contribution in [3.05, 3.63) is 61.2 Å². The summed E-state index contributed by atoms with van der Waals surface area (Å²) in [6.07, 6.45) is 9.79. The predicted octanol–water partition coefficient (Wildman–Crippen LogP) is 4.35. The summed E-state index contributed by atoms with van der Waals surface area (Å²) in [5, 5.41) is 9.24. The average molecular weight is 555 g/mol. The topological polar surface area (TPSA) is 87.1 Å². The summed E-state index contributed by atoms with van der Waals surface area (Å²) in [7, 11) is 0. The summed E-state index contributed by atoms with van der Waals surface area (Å²) in [5.41, 5.74) is 1.02. The number of fused-ring (bicyclic) bond motifs is 1. The van der Waals surface area contributed by atoms with Gasteiger partial charge in [-0.25, -0.2) is 0 Å². The highest BCUT2D eigenvalue weighted by molar-refractivity contribution is 8.02. The highest BCUT2D eigenvalue weighted by atomic mass is 32.2. The Labute approximate surface area is 236 Å². The van der Waals surface area contributed by atoms with E-state index in [1.165, 1.54) is 0 Å². The van der Waals surface area contributed by atoms with Gasteiger partial charge in [-0.3, -0.25) is 14.4 Å². The Morgan fingerprint density at radius 1 is 1.13 bits per heavy atom. The molecule has 2 unspecified atom stereocenters. The molecule has 5 atom stereocenters. The first-order valence-electron chi connectivity index (χ1n) is 14.3. The number of esters is 1. The molecule has 1 aromatic carbocycles. The van der Waals surface area contributed by atoms with Gasteiger partial charge in [-0.05, 0) is 56.9 Å². The van der Waals surface area contributed by atoms with E-state index in [0.29, 0.717) is 39.1 Å². The van der Waals surface area contributed by atoms with E-state index < -0.39 is 22.6 Å². The molecule has 7 nitrogen and oxygen atoms in total. The van der Waals surface area contributed by atoms with Crippen molar-refractivity contribution in [3.63, 3.8) is 0 Å². The lowest BCUT2D eigenvalue weighted by atomic mass is 9.71. The lowest BCUT2D eigenvalue weighted by Gasteiger charge is -2.37. The standard InChI is InChI=1S/C31H42N2O5S/c1-3-5-6-13-21-38-30(37)25-24-16-17-31(39-24)26(25)28(35)33(19-11-8-12-20-34)27(31)29(36)32(18-4-2)22-23-14-9-7-10-15-23/h3-4,7,9-10,14-15,24-27,34H,1-2,5-6,8,11-13,16-22H2/t24-,25+,26+,27?,31?/m1/s1. The van der Waals surface area contributed by atoms with Crippen LogP contribution < -0.4 is 0 Å². The van der Waals surface area contributed by atoms with E-state index in [1.54, 1.807) is 27.6 Å². The number of ether oxygens (including phenoxy) is 1. The number of allylic oxidation sites excluding steroid dienone is 1. The number of hydrogen-bond acceptors (Lipinski definition) is 6. The number of unbranched alkanes of at least 4 members (excludes halogenated alkanes) is 4. The fourth-order valence-corrected chi connectivity index (χ4v) is 8.74. The molecular weight excluding hydrogens is 512 g/mol. The van der Waals surface area contributed by atoms with Crippen molar-refractivity contribution in [1.29, 1.82) is 0 Å². The molecule has 3 aliphatic heterocycles. The fraction of sp³-hybridized carbons (Fsp3) is 0.581. The first kappa shape index (κ1) is 29.4. The zero-order chi connectivity index (χ0) is 27.8. The number of nitrogens with zero attached hydrogens (tertiary/aromatic N) is 2. The van der Waals surface area contributed by atoms with Gasteiger partial charge < -0.3 is 19.6 Å². The molecule has 3 aliphatic rings. The van der Waals surface area contributed by atoms with E-state index in [4.69, 9.17) is 4.74 Å². The van der Waals surface area contributed by atoms with Gasteiger partial charge in [0.2, 0.25) is 11.8 Å². The van der Waals surface area contributed by atoms with E-state index in [9.17, 15) is 19.5 Å². The molecule has 4 rings (SSSR count). The molecule has 1 N–H and O–H groups in total. The third-order valence-corrected chi connectivity index (χ3v) is 10.2. The highest BCUT2D eigenvalue weighted by Gasteiger charge is 2.74. The average Bonchev–Trinajstić information content (AvgIpc) is 3.58. The van der Waals surface area contributed by atoms with Crippen LogP contribution in [0.15, 0.2) is 55.6 Å². The Kier molecular flexibility index (Phi) is 10.3. The van der Waals surface area contributed by atoms with Crippen LogP contribution in [0.5, 0.6) is 0 Å². The number of thioether (sulfide) groups is 1. The first-order chi connectivity index (χ1) is 19.0. The van der Waals surface area contributed by atoms with Crippen molar-refractivity contribution in [2.75, 3.05) is 26.3 Å². The number of rotatable bonds is 16. The lowest BCUT2D eigenvalue weighted by molar-refractivity contribution is -0.154. The van der Waals surface area contributed by atoms with E-state index in [-0.39, 0.29) is 29.6 Å². The lowest BCUT2D eigenvalue weighted by Crippen LogP contribution is -2.54. The number of carbonyl (C=O) groups excluding carboxylic acids is 3. The van der Waals surface area contributed by atoms with Crippen LogP contribution in [-0.4, -0.2) is 75.0 Å². The van der Waals surface area contributed by atoms with Gasteiger partial charge in [-0.2, -0.15) is 0 Å². The minimum Gasteiger partial charge on any atom is -0.465 e. The fourth-order valence-electron chi connectivity index (χ4n) is 6.54. The number of aliphatic hydroxyl groups is 1. The Morgan fingerprint density at radius 2 is 1.92 bits per heavy atom. The van der Waals surface area contributed by atoms with Gasteiger partial charge in [0.1, 0.15) is 6.04 Å². The first-order valence-corrected chi connectivity index (χ1v) is 15.2. The molecule has 2 bridgehead atoms. The third-order valence-electron chi connectivity index (χ3n) is 8.29. The molecule has 1 aromatic rings. The maximum absolute atomic E-state index is 14.4. The van der Waals surface area contributed by atoms with Crippen LogP contribution in [0.4, 0.5) is 0 Å². The van der Waals surface area contributed by atoms with Crippen LogP contribution >= 0.6 is 11.8 Å². The van der Waals surface area contributed by atoms with Crippen molar-refractivity contribution in [2.45, 2.75) is 74.0 Å².